The Bertz CT molecular complexity index is 696. The lowest BCUT2D eigenvalue weighted by Gasteiger charge is -2.11. The maximum atomic E-state index is 12.6. The highest BCUT2D eigenvalue weighted by atomic mass is 19.4. The fourth-order valence-corrected chi connectivity index (χ4v) is 1.96. The van der Waals surface area contributed by atoms with Crippen LogP contribution in [0.1, 0.15) is 28.4 Å². The zero-order valence-electron chi connectivity index (χ0n) is 11.8. The molecule has 0 atom stereocenters. The number of nitrogens with two attached hydrogens (primary N) is 1. The Morgan fingerprint density at radius 3 is 2.50 bits per heavy atom. The summed E-state index contributed by atoms with van der Waals surface area (Å²) in [5, 5.41) is 0. The van der Waals surface area contributed by atoms with Crippen molar-refractivity contribution in [2.45, 2.75) is 19.7 Å². The molecule has 2 aromatic rings. The molecule has 0 saturated carbocycles. The van der Waals surface area contributed by atoms with Gasteiger partial charge in [-0.1, -0.05) is 12.1 Å². The van der Waals surface area contributed by atoms with E-state index in [-0.39, 0.29) is 18.1 Å². The normalized spacial score (nSPS) is 11.3. The number of carbonyl (C=O) groups excluding carboxylic acids is 1. The molecular formula is C16H14F3NO2. The minimum Gasteiger partial charge on any atom is -0.489 e. The smallest absolute Gasteiger partial charge is 0.416 e. The minimum atomic E-state index is -4.39. The summed E-state index contributed by atoms with van der Waals surface area (Å²) < 4.78 is 43.3. The number of hydrogen-bond acceptors (Lipinski definition) is 3. The largest absolute Gasteiger partial charge is 0.489 e. The predicted molar refractivity (Wildman–Crippen MR) is 76.6 cm³/mol. The molecule has 0 heterocycles. The van der Waals surface area contributed by atoms with Gasteiger partial charge in [0.2, 0.25) is 0 Å². The molecule has 22 heavy (non-hydrogen) atoms. The van der Waals surface area contributed by atoms with Crippen LogP contribution in [0.25, 0.3) is 0 Å². The molecule has 2 aromatic carbocycles. The Morgan fingerprint density at radius 1 is 1.18 bits per heavy atom. The maximum Gasteiger partial charge on any atom is 0.416 e. The summed E-state index contributed by atoms with van der Waals surface area (Å²) in [6, 6.07) is 9.47. The zero-order valence-corrected chi connectivity index (χ0v) is 11.8. The minimum absolute atomic E-state index is 0.0250. The molecule has 116 valence electrons. The standard InChI is InChI=1S/C16H14F3NO2/c1-10(21)14-6-5-13(8-15(14)20)22-9-11-3-2-4-12(7-11)16(17,18)19/h2-8H,9,20H2,1H3. The van der Waals surface area contributed by atoms with Crippen LogP contribution in [0.4, 0.5) is 18.9 Å². The van der Waals surface area contributed by atoms with Crippen LogP contribution in [0.15, 0.2) is 42.5 Å². The quantitative estimate of drug-likeness (QED) is 0.684. The average Bonchev–Trinajstić information content (AvgIpc) is 2.44. The number of benzene rings is 2. The summed E-state index contributed by atoms with van der Waals surface area (Å²) >= 11 is 0. The van der Waals surface area contributed by atoms with Gasteiger partial charge in [0.25, 0.3) is 0 Å². The Hall–Kier alpha value is -2.50. The van der Waals surface area contributed by atoms with Crippen molar-refractivity contribution in [1.29, 1.82) is 0 Å². The predicted octanol–water partition coefficient (Wildman–Crippen LogP) is 4.07. The van der Waals surface area contributed by atoms with Crippen molar-refractivity contribution < 1.29 is 22.7 Å². The van der Waals surface area contributed by atoms with Crippen molar-refractivity contribution in [3.8, 4) is 5.75 Å². The number of ether oxygens (including phenoxy) is 1. The Kier molecular flexibility index (Phi) is 4.40. The molecule has 0 saturated heterocycles. The summed E-state index contributed by atoms with van der Waals surface area (Å²) in [5.74, 6) is 0.224. The first kappa shape index (κ1) is 15.9. The summed E-state index contributed by atoms with van der Waals surface area (Å²) in [4.78, 5) is 11.3. The topological polar surface area (TPSA) is 52.3 Å². The van der Waals surface area contributed by atoms with E-state index in [0.29, 0.717) is 16.9 Å². The average molecular weight is 309 g/mol. The molecular weight excluding hydrogens is 295 g/mol. The molecule has 6 heteroatoms. The lowest BCUT2D eigenvalue weighted by Crippen LogP contribution is -2.06. The fraction of sp³-hybridized carbons (Fsp3) is 0.188. The number of Topliss-reactive ketones (excluding diaryl/α,β-unsaturated/α-hetero) is 1. The SMILES string of the molecule is CC(=O)c1ccc(OCc2cccc(C(F)(F)F)c2)cc1N. The molecule has 0 unspecified atom stereocenters. The van der Waals surface area contributed by atoms with Crippen LogP contribution >= 0.6 is 0 Å². The first-order valence-electron chi connectivity index (χ1n) is 6.47. The number of halogens is 3. The van der Waals surface area contributed by atoms with Gasteiger partial charge in [0.1, 0.15) is 12.4 Å². The van der Waals surface area contributed by atoms with Crippen molar-refractivity contribution in [2.75, 3.05) is 5.73 Å². The van der Waals surface area contributed by atoms with Crippen molar-refractivity contribution in [3.05, 3.63) is 59.2 Å². The fourth-order valence-electron chi connectivity index (χ4n) is 1.96. The Labute approximate surface area is 125 Å². The summed E-state index contributed by atoms with van der Waals surface area (Å²) in [6.45, 7) is 1.37. The van der Waals surface area contributed by atoms with Gasteiger partial charge in [-0.3, -0.25) is 4.79 Å². The van der Waals surface area contributed by atoms with Crippen molar-refractivity contribution in [1.82, 2.24) is 0 Å². The van der Waals surface area contributed by atoms with Crippen LogP contribution in [0.3, 0.4) is 0 Å². The van der Waals surface area contributed by atoms with E-state index in [1.165, 1.54) is 25.1 Å². The van der Waals surface area contributed by atoms with Gasteiger partial charge in [0.15, 0.2) is 5.78 Å². The first-order valence-corrected chi connectivity index (χ1v) is 6.47. The Morgan fingerprint density at radius 2 is 1.91 bits per heavy atom. The van der Waals surface area contributed by atoms with E-state index < -0.39 is 11.7 Å². The number of nitrogen functional groups attached to an aromatic ring is 1. The number of ketones is 1. The molecule has 0 amide bonds. The van der Waals surface area contributed by atoms with Gasteiger partial charge >= 0.3 is 6.18 Å². The third-order valence-electron chi connectivity index (χ3n) is 3.06. The lowest BCUT2D eigenvalue weighted by molar-refractivity contribution is -0.137. The van der Waals surface area contributed by atoms with E-state index in [1.807, 2.05) is 0 Å². The van der Waals surface area contributed by atoms with Crippen molar-refractivity contribution >= 4 is 11.5 Å². The third kappa shape index (κ3) is 3.78. The van der Waals surface area contributed by atoms with E-state index in [9.17, 15) is 18.0 Å². The molecule has 0 aliphatic rings. The van der Waals surface area contributed by atoms with Crippen molar-refractivity contribution in [2.24, 2.45) is 0 Å². The summed E-state index contributed by atoms with van der Waals surface area (Å²) in [6.07, 6.45) is -4.39. The monoisotopic (exact) mass is 309 g/mol. The van der Waals surface area contributed by atoms with E-state index in [2.05, 4.69) is 0 Å². The molecule has 0 aliphatic carbocycles. The highest BCUT2D eigenvalue weighted by Gasteiger charge is 2.30. The Balaban J connectivity index is 2.10. The van der Waals surface area contributed by atoms with Crippen LogP contribution in [0.2, 0.25) is 0 Å². The summed E-state index contributed by atoms with van der Waals surface area (Å²) in [7, 11) is 0. The van der Waals surface area contributed by atoms with Crippen molar-refractivity contribution in [3.63, 3.8) is 0 Å². The van der Waals surface area contributed by atoms with E-state index in [4.69, 9.17) is 10.5 Å². The molecule has 2 rings (SSSR count). The van der Waals surface area contributed by atoms with Gasteiger partial charge in [0, 0.05) is 17.3 Å². The molecule has 2 N–H and O–H groups in total. The molecule has 0 radical (unpaired) electrons. The third-order valence-corrected chi connectivity index (χ3v) is 3.06. The molecule has 0 aromatic heterocycles. The van der Waals surface area contributed by atoms with E-state index in [0.717, 1.165) is 12.1 Å². The van der Waals surface area contributed by atoms with Gasteiger partial charge in [0.05, 0.1) is 5.56 Å². The molecule has 3 nitrogen and oxygen atoms in total. The van der Waals surface area contributed by atoms with Gasteiger partial charge in [-0.2, -0.15) is 13.2 Å². The molecule has 0 bridgehead atoms. The zero-order chi connectivity index (χ0) is 16.3. The first-order chi connectivity index (χ1) is 10.3. The number of hydrogen-bond donors (Lipinski definition) is 1. The van der Waals surface area contributed by atoms with Crippen LogP contribution < -0.4 is 10.5 Å². The van der Waals surface area contributed by atoms with E-state index >= 15 is 0 Å². The molecule has 0 fully saturated rings. The van der Waals surface area contributed by atoms with Crippen LogP contribution in [-0.4, -0.2) is 5.78 Å². The second kappa shape index (κ2) is 6.09. The highest BCUT2D eigenvalue weighted by Crippen LogP contribution is 2.30. The second-order valence-electron chi connectivity index (χ2n) is 4.79. The van der Waals surface area contributed by atoms with Crippen LogP contribution in [-0.2, 0) is 12.8 Å². The van der Waals surface area contributed by atoms with Gasteiger partial charge in [-0.05, 0) is 36.8 Å². The molecule has 0 aliphatic heterocycles. The van der Waals surface area contributed by atoms with Crippen LogP contribution in [0, 0.1) is 0 Å². The molecule has 0 spiro atoms. The number of anilines is 1. The number of carbonyl (C=O) groups is 1. The number of rotatable bonds is 4. The summed E-state index contributed by atoms with van der Waals surface area (Å²) in [5.41, 5.74) is 6.05. The van der Waals surface area contributed by atoms with E-state index in [1.54, 1.807) is 12.1 Å². The van der Waals surface area contributed by atoms with Gasteiger partial charge < -0.3 is 10.5 Å². The lowest BCUT2D eigenvalue weighted by atomic mass is 10.1. The second-order valence-corrected chi connectivity index (χ2v) is 4.79. The number of alkyl halides is 3. The van der Waals surface area contributed by atoms with Gasteiger partial charge in [-0.25, -0.2) is 0 Å². The highest BCUT2D eigenvalue weighted by molar-refractivity contribution is 5.99. The van der Waals surface area contributed by atoms with Gasteiger partial charge in [-0.15, -0.1) is 0 Å². The maximum absolute atomic E-state index is 12.6. The van der Waals surface area contributed by atoms with Crippen LogP contribution in [0.5, 0.6) is 5.75 Å².